The Bertz CT molecular complexity index is 393. The molecule has 1 aromatic carbocycles. The molecule has 16 heavy (non-hydrogen) atoms. The number of aliphatic hydroxyl groups excluding tert-OH is 2. The lowest BCUT2D eigenvalue weighted by molar-refractivity contribution is -0.156. The summed E-state index contributed by atoms with van der Waals surface area (Å²) in [5.74, 6) is -2.55. The number of esters is 1. The standard InChI is InChI=1S/C10H11FO5/c1-16-10(15)9(14)8(13)5-2-3-6(11)7(12)4-5/h2-4,8-9,12-14H,1H3. The highest BCUT2D eigenvalue weighted by Gasteiger charge is 2.26. The van der Waals surface area contributed by atoms with Gasteiger partial charge in [0.25, 0.3) is 0 Å². The predicted octanol–water partition coefficient (Wildman–Crippen LogP) is 0.0986. The molecule has 1 rings (SSSR count). The van der Waals surface area contributed by atoms with Gasteiger partial charge in [-0.15, -0.1) is 0 Å². The Balaban J connectivity index is 2.91. The van der Waals surface area contributed by atoms with E-state index in [1.165, 1.54) is 0 Å². The zero-order valence-electron chi connectivity index (χ0n) is 8.42. The molecule has 88 valence electrons. The van der Waals surface area contributed by atoms with Crippen molar-refractivity contribution in [2.75, 3.05) is 7.11 Å². The summed E-state index contributed by atoms with van der Waals surface area (Å²) in [5.41, 5.74) is 0.0109. The largest absolute Gasteiger partial charge is 0.505 e. The molecule has 2 unspecified atom stereocenters. The van der Waals surface area contributed by atoms with E-state index >= 15 is 0 Å². The van der Waals surface area contributed by atoms with Crippen LogP contribution in [0, 0.1) is 5.82 Å². The highest BCUT2D eigenvalue weighted by molar-refractivity contribution is 5.75. The van der Waals surface area contributed by atoms with Crippen LogP contribution in [0.4, 0.5) is 4.39 Å². The number of methoxy groups -OCH3 is 1. The minimum atomic E-state index is -1.78. The topological polar surface area (TPSA) is 87.0 Å². The molecule has 0 bridgehead atoms. The van der Waals surface area contributed by atoms with Crippen LogP contribution in [0.1, 0.15) is 11.7 Å². The Hall–Kier alpha value is -1.66. The van der Waals surface area contributed by atoms with E-state index in [0.29, 0.717) is 0 Å². The number of benzene rings is 1. The number of aromatic hydroxyl groups is 1. The van der Waals surface area contributed by atoms with Crippen molar-refractivity contribution in [3.05, 3.63) is 29.6 Å². The van der Waals surface area contributed by atoms with Gasteiger partial charge in [0, 0.05) is 0 Å². The summed E-state index contributed by atoms with van der Waals surface area (Å²) < 4.78 is 16.9. The average molecular weight is 230 g/mol. The van der Waals surface area contributed by atoms with Crippen molar-refractivity contribution in [2.45, 2.75) is 12.2 Å². The molecule has 0 aromatic heterocycles. The minimum absolute atomic E-state index is 0.0109. The van der Waals surface area contributed by atoms with Gasteiger partial charge in [-0.1, -0.05) is 6.07 Å². The molecule has 0 spiro atoms. The maximum atomic E-state index is 12.7. The molecule has 0 saturated carbocycles. The summed E-state index contributed by atoms with van der Waals surface area (Å²) in [5, 5.41) is 27.9. The van der Waals surface area contributed by atoms with E-state index in [2.05, 4.69) is 4.74 Å². The monoisotopic (exact) mass is 230 g/mol. The number of hydrogen-bond donors (Lipinski definition) is 3. The zero-order valence-corrected chi connectivity index (χ0v) is 8.42. The molecule has 0 saturated heterocycles. The number of carbonyl (C=O) groups is 1. The lowest BCUT2D eigenvalue weighted by Crippen LogP contribution is -2.29. The molecule has 0 fully saturated rings. The van der Waals surface area contributed by atoms with Crippen LogP contribution in [-0.2, 0) is 9.53 Å². The third-order valence-electron chi connectivity index (χ3n) is 2.05. The molecule has 2 atom stereocenters. The number of carbonyl (C=O) groups excluding carboxylic acids is 1. The maximum Gasteiger partial charge on any atom is 0.337 e. The fraction of sp³-hybridized carbons (Fsp3) is 0.300. The second-order valence-corrected chi connectivity index (χ2v) is 3.12. The van der Waals surface area contributed by atoms with E-state index in [9.17, 15) is 19.4 Å². The maximum absolute atomic E-state index is 12.7. The Morgan fingerprint density at radius 3 is 2.56 bits per heavy atom. The first kappa shape index (κ1) is 12.4. The molecule has 0 amide bonds. The van der Waals surface area contributed by atoms with Gasteiger partial charge >= 0.3 is 5.97 Å². The summed E-state index contributed by atoms with van der Waals surface area (Å²) in [7, 11) is 1.06. The van der Waals surface area contributed by atoms with Crippen LogP contribution in [0.2, 0.25) is 0 Å². The van der Waals surface area contributed by atoms with Crippen molar-refractivity contribution in [3.63, 3.8) is 0 Å². The predicted molar refractivity (Wildman–Crippen MR) is 51.0 cm³/mol. The van der Waals surface area contributed by atoms with Gasteiger partial charge in [-0.3, -0.25) is 0 Å². The first-order valence-electron chi connectivity index (χ1n) is 4.39. The van der Waals surface area contributed by atoms with Gasteiger partial charge in [0.15, 0.2) is 17.7 Å². The summed E-state index contributed by atoms with van der Waals surface area (Å²) in [6, 6.07) is 2.98. The summed E-state index contributed by atoms with van der Waals surface area (Å²) in [6.45, 7) is 0. The number of hydrogen-bond acceptors (Lipinski definition) is 5. The SMILES string of the molecule is COC(=O)C(O)C(O)c1ccc(F)c(O)c1. The van der Waals surface area contributed by atoms with Crippen molar-refractivity contribution in [1.29, 1.82) is 0 Å². The summed E-state index contributed by atoms with van der Waals surface area (Å²) in [6.07, 6.45) is -3.37. The number of rotatable bonds is 3. The molecule has 0 heterocycles. The van der Waals surface area contributed by atoms with Crippen LogP contribution in [0.3, 0.4) is 0 Å². The molecule has 3 N–H and O–H groups in total. The van der Waals surface area contributed by atoms with Gasteiger partial charge in [-0.2, -0.15) is 0 Å². The number of ether oxygens (including phenoxy) is 1. The van der Waals surface area contributed by atoms with E-state index in [1.807, 2.05) is 0 Å². The zero-order chi connectivity index (χ0) is 12.3. The first-order chi connectivity index (χ1) is 7.47. The highest BCUT2D eigenvalue weighted by Crippen LogP contribution is 2.23. The molecule has 0 aliphatic rings. The van der Waals surface area contributed by atoms with Crippen LogP contribution in [0.25, 0.3) is 0 Å². The fourth-order valence-corrected chi connectivity index (χ4v) is 1.15. The van der Waals surface area contributed by atoms with Gasteiger partial charge in [0.05, 0.1) is 7.11 Å². The van der Waals surface area contributed by atoms with Gasteiger partial charge < -0.3 is 20.1 Å². The van der Waals surface area contributed by atoms with Crippen LogP contribution < -0.4 is 0 Å². The van der Waals surface area contributed by atoms with Crippen LogP contribution in [-0.4, -0.2) is 34.5 Å². The van der Waals surface area contributed by atoms with Crippen LogP contribution in [0.15, 0.2) is 18.2 Å². The quantitative estimate of drug-likeness (QED) is 0.641. The van der Waals surface area contributed by atoms with Crippen molar-refractivity contribution in [2.24, 2.45) is 0 Å². The fourth-order valence-electron chi connectivity index (χ4n) is 1.15. The van der Waals surface area contributed by atoms with E-state index < -0.39 is 29.7 Å². The molecule has 1 aromatic rings. The van der Waals surface area contributed by atoms with E-state index in [-0.39, 0.29) is 5.56 Å². The molecule has 0 aliphatic carbocycles. The average Bonchev–Trinajstić information content (AvgIpc) is 2.29. The second-order valence-electron chi connectivity index (χ2n) is 3.12. The van der Waals surface area contributed by atoms with E-state index in [1.54, 1.807) is 0 Å². The minimum Gasteiger partial charge on any atom is -0.505 e. The molecule has 0 radical (unpaired) electrons. The number of phenolic OH excluding ortho intramolecular Hbond substituents is 1. The number of phenols is 1. The van der Waals surface area contributed by atoms with Gasteiger partial charge in [-0.25, -0.2) is 9.18 Å². The van der Waals surface area contributed by atoms with Gasteiger partial charge in [-0.05, 0) is 17.7 Å². The van der Waals surface area contributed by atoms with Crippen molar-refractivity contribution < 1.29 is 29.2 Å². The number of halogens is 1. The Kier molecular flexibility index (Phi) is 3.81. The third-order valence-corrected chi connectivity index (χ3v) is 2.05. The lowest BCUT2D eigenvalue weighted by Gasteiger charge is -2.16. The van der Waals surface area contributed by atoms with E-state index in [4.69, 9.17) is 5.11 Å². The van der Waals surface area contributed by atoms with Crippen molar-refractivity contribution in [1.82, 2.24) is 0 Å². The van der Waals surface area contributed by atoms with E-state index in [0.717, 1.165) is 25.3 Å². The van der Waals surface area contributed by atoms with Gasteiger partial charge in [0.1, 0.15) is 6.10 Å². The molecule has 0 aliphatic heterocycles. The second kappa shape index (κ2) is 4.91. The van der Waals surface area contributed by atoms with Crippen molar-refractivity contribution >= 4 is 5.97 Å². The van der Waals surface area contributed by atoms with Crippen molar-refractivity contribution in [3.8, 4) is 5.75 Å². The molecule has 5 nitrogen and oxygen atoms in total. The van der Waals surface area contributed by atoms with Crippen LogP contribution >= 0.6 is 0 Å². The Morgan fingerprint density at radius 1 is 1.44 bits per heavy atom. The smallest absolute Gasteiger partial charge is 0.337 e. The summed E-state index contributed by atoms with van der Waals surface area (Å²) in [4.78, 5) is 10.9. The molecular formula is C10H11FO5. The van der Waals surface area contributed by atoms with Gasteiger partial charge in [0.2, 0.25) is 0 Å². The first-order valence-corrected chi connectivity index (χ1v) is 4.39. The summed E-state index contributed by atoms with van der Waals surface area (Å²) >= 11 is 0. The Morgan fingerprint density at radius 2 is 2.06 bits per heavy atom. The Labute approximate surface area is 90.7 Å². The highest BCUT2D eigenvalue weighted by atomic mass is 19.1. The third kappa shape index (κ3) is 2.47. The molecular weight excluding hydrogens is 219 g/mol. The normalized spacial score (nSPS) is 14.2. The number of aliphatic hydroxyl groups is 2. The van der Waals surface area contributed by atoms with Crippen LogP contribution in [0.5, 0.6) is 5.75 Å². The lowest BCUT2D eigenvalue weighted by atomic mass is 10.0. The molecule has 6 heteroatoms.